The second-order valence-corrected chi connectivity index (χ2v) is 1.84. The molecule has 62 valence electrons. The van der Waals surface area contributed by atoms with Crippen LogP contribution in [0.25, 0.3) is 0 Å². The molecular weight excluding hydrogens is 158 g/mol. The number of nitriles is 2. The number of methoxy groups -OCH3 is 1. The minimum Gasteiger partial charge on any atom is -0.465 e. The van der Waals surface area contributed by atoms with E-state index < -0.39 is 5.97 Å². The molecule has 0 aliphatic heterocycles. The van der Waals surface area contributed by atoms with Crippen molar-refractivity contribution in [2.75, 3.05) is 7.11 Å². The summed E-state index contributed by atoms with van der Waals surface area (Å²) < 4.78 is 4.26. The fourth-order valence-electron chi connectivity index (χ4n) is 0.524. The van der Waals surface area contributed by atoms with Crippen LogP contribution in [0.2, 0.25) is 0 Å². The summed E-state index contributed by atoms with van der Waals surface area (Å²) in [5.41, 5.74) is 4.88. The third-order valence-electron chi connectivity index (χ3n) is 1.09. The van der Waals surface area contributed by atoms with Crippen molar-refractivity contribution < 1.29 is 9.53 Å². The van der Waals surface area contributed by atoms with Gasteiger partial charge in [0.2, 0.25) is 0 Å². The number of rotatable bonds is 2. The van der Waals surface area contributed by atoms with Crippen LogP contribution in [0.5, 0.6) is 0 Å². The average molecular weight is 165 g/mol. The molecule has 0 amide bonds. The van der Waals surface area contributed by atoms with E-state index >= 15 is 0 Å². The molecule has 0 aromatic carbocycles. The molecule has 0 aliphatic rings. The topological polar surface area (TPSA) is 99.9 Å². The molecule has 12 heavy (non-hydrogen) atoms. The summed E-state index contributed by atoms with van der Waals surface area (Å²) in [4.78, 5) is 10.8. The molecule has 0 saturated heterocycles. The van der Waals surface area contributed by atoms with E-state index in [1.807, 2.05) is 0 Å². The van der Waals surface area contributed by atoms with Crippen LogP contribution in [0, 0.1) is 22.7 Å². The summed E-state index contributed by atoms with van der Waals surface area (Å²) in [6.45, 7) is 0. The van der Waals surface area contributed by atoms with Crippen molar-refractivity contribution in [3.63, 3.8) is 0 Å². The molecule has 2 N–H and O–H groups in total. The highest BCUT2D eigenvalue weighted by Crippen LogP contribution is 2.02. The molecule has 0 saturated carbocycles. The Bertz CT molecular complexity index is 293. The predicted molar refractivity (Wildman–Crippen MR) is 39.1 cm³/mol. The number of hydrogen-bond acceptors (Lipinski definition) is 5. The molecule has 5 nitrogen and oxygen atoms in total. The lowest BCUT2D eigenvalue weighted by molar-refractivity contribution is -0.135. The molecule has 0 aliphatic carbocycles. The van der Waals surface area contributed by atoms with Crippen molar-refractivity contribution >= 4 is 5.97 Å². The lowest BCUT2D eigenvalue weighted by atomic mass is 10.2. The lowest BCUT2D eigenvalue weighted by Gasteiger charge is -1.98. The molecule has 0 spiro atoms. The standard InChI is InChI=1S/C7H7N3O2/c1-12-7(11)5(4-9)6(10)2-3-8/h2,10H2,1H3. The first kappa shape index (κ1) is 9.99. The second-order valence-electron chi connectivity index (χ2n) is 1.84. The van der Waals surface area contributed by atoms with Crippen molar-refractivity contribution in [1.82, 2.24) is 0 Å². The molecule has 0 bridgehead atoms. The van der Waals surface area contributed by atoms with E-state index in [4.69, 9.17) is 16.3 Å². The van der Waals surface area contributed by atoms with E-state index in [-0.39, 0.29) is 17.7 Å². The van der Waals surface area contributed by atoms with Crippen molar-refractivity contribution in [2.24, 2.45) is 5.73 Å². The van der Waals surface area contributed by atoms with Gasteiger partial charge in [0.05, 0.1) is 19.6 Å². The summed E-state index contributed by atoms with van der Waals surface area (Å²) in [6.07, 6.45) is -0.155. The Morgan fingerprint density at radius 1 is 1.58 bits per heavy atom. The fraction of sp³-hybridized carbons (Fsp3) is 0.286. The van der Waals surface area contributed by atoms with Gasteiger partial charge in [0, 0.05) is 5.70 Å². The Morgan fingerprint density at radius 2 is 2.17 bits per heavy atom. The SMILES string of the molecule is COC(=O)C(C#N)=C(N)CC#N. The summed E-state index contributed by atoms with van der Waals surface area (Å²) >= 11 is 0. The number of allylic oxidation sites excluding steroid dienone is 1. The smallest absolute Gasteiger partial charge is 0.350 e. The summed E-state index contributed by atoms with van der Waals surface area (Å²) in [5.74, 6) is -0.815. The molecule has 0 unspecified atom stereocenters. The number of carbonyl (C=O) groups is 1. The van der Waals surface area contributed by atoms with E-state index in [9.17, 15) is 4.79 Å². The van der Waals surface area contributed by atoms with Crippen molar-refractivity contribution in [3.8, 4) is 12.1 Å². The van der Waals surface area contributed by atoms with Gasteiger partial charge in [-0.25, -0.2) is 4.79 Å². The molecule has 0 aromatic rings. The highest BCUT2D eigenvalue weighted by atomic mass is 16.5. The van der Waals surface area contributed by atoms with E-state index in [2.05, 4.69) is 4.74 Å². The predicted octanol–water partition coefficient (Wildman–Crippen LogP) is -0.191. The van der Waals surface area contributed by atoms with Gasteiger partial charge in [-0.05, 0) is 0 Å². The molecule has 0 heterocycles. The van der Waals surface area contributed by atoms with E-state index in [0.29, 0.717) is 0 Å². The van der Waals surface area contributed by atoms with Crippen molar-refractivity contribution in [1.29, 1.82) is 10.5 Å². The second kappa shape index (κ2) is 4.75. The number of nitrogens with two attached hydrogens (primary N) is 1. The number of nitrogens with zero attached hydrogens (tertiary/aromatic N) is 2. The largest absolute Gasteiger partial charge is 0.465 e. The maximum Gasteiger partial charge on any atom is 0.350 e. The molecule has 0 radical (unpaired) electrons. The van der Waals surface area contributed by atoms with Crippen LogP contribution in [0.3, 0.4) is 0 Å². The van der Waals surface area contributed by atoms with Crippen LogP contribution in [0.4, 0.5) is 0 Å². The van der Waals surface area contributed by atoms with Crippen LogP contribution in [0.15, 0.2) is 11.3 Å². The zero-order valence-electron chi connectivity index (χ0n) is 6.50. The first-order valence-electron chi connectivity index (χ1n) is 3.01. The normalized spacial score (nSPS) is 10.6. The minimum atomic E-state index is -0.815. The molecule has 0 fully saturated rings. The van der Waals surface area contributed by atoms with E-state index in [0.717, 1.165) is 7.11 Å². The third-order valence-corrected chi connectivity index (χ3v) is 1.09. The van der Waals surface area contributed by atoms with E-state index in [1.165, 1.54) is 0 Å². The molecule has 5 heteroatoms. The fourth-order valence-corrected chi connectivity index (χ4v) is 0.524. The average Bonchev–Trinajstić information content (AvgIpc) is 2.06. The Morgan fingerprint density at radius 3 is 2.50 bits per heavy atom. The number of carbonyl (C=O) groups excluding carboxylic acids is 1. The Balaban J connectivity index is 4.79. The van der Waals surface area contributed by atoms with Crippen LogP contribution < -0.4 is 5.73 Å². The van der Waals surface area contributed by atoms with Gasteiger partial charge in [0.15, 0.2) is 5.57 Å². The quantitative estimate of drug-likeness (QED) is 0.347. The number of esters is 1. The number of hydrogen-bond donors (Lipinski definition) is 1. The number of ether oxygens (including phenoxy) is 1. The van der Waals surface area contributed by atoms with Gasteiger partial charge < -0.3 is 10.5 Å². The van der Waals surface area contributed by atoms with Crippen LogP contribution >= 0.6 is 0 Å². The monoisotopic (exact) mass is 165 g/mol. The minimum absolute atomic E-state index is 0.0631. The summed E-state index contributed by atoms with van der Waals surface area (Å²) in [5, 5.41) is 16.6. The van der Waals surface area contributed by atoms with Gasteiger partial charge in [-0.1, -0.05) is 0 Å². The molecular formula is C7H7N3O2. The van der Waals surface area contributed by atoms with Crippen LogP contribution in [-0.2, 0) is 9.53 Å². The van der Waals surface area contributed by atoms with Crippen molar-refractivity contribution in [3.05, 3.63) is 11.3 Å². The van der Waals surface area contributed by atoms with Crippen molar-refractivity contribution in [2.45, 2.75) is 6.42 Å². The molecule has 0 atom stereocenters. The zero-order valence-corrected chi connectivity index (χ0v) is 6.50. The van der Waals surface area contributed by atoms with Crippen LogP contribution in [0.1, 0.15) is 6.42 Å². The highest BCUT2D eigenvalue weighted by Gasteiger charge is 2.12. The highest BCUT2D eigenvalue weighted by molar-refractivity contribution is 5.93. The van der Waals surface area contributed by atoms with Gasteiger partial charge >= 0.3 is 5.97 Å². The van der Waals surface area contributed by atoms with Gasteiger partial charge in [-0.2, -0.15) is 10.5 Å². The van der Waals surface area contributed by atoms with Crippen LogP contribution in [-0.4, -0.2) is 13.1 Å². The summed E-state index contributed by atoms with van der Waals surface area (Å²) in [7, 11) is 1.14. The molecule has 0 rings (SSSR count). The van der Waals surface area contributed by atoms with Gasteiger partial charge in [-0.3, -0.25) is 0 Å². The van der Waals surface area contributed by atoms with Gasteiger partial charge in [-0.15, -0.1) is 0 Å². The zero-order chi connectivity index (χ0) is 9.56. The van der Waals surface area contributed by atoms with E-state index in [1.54, 1.807) is 12.1 Å². The molecule has 0 aromatic heterocycles. The maximum atomic E-state index is 10.8. The Hall–Kier alpha value is -2.01. The summed E-state index contributed by atoms with van der Waals surface area (Å²) in [6, 6.07) is 3.29. The first-order valence-corrected chi connectivity index (χ1v) is 3.01. The van der Waals surface area contributed by atoms with Gasteiger partial charge in [0.25, 0.3) is 0 Å². The lowest BCUT2D eigenvalue weighted by Crippen LogP contribution is -2.11. The Kier molecular flexibility index (Phi) is 3.96. The van der Waals surface area contributed by atoms with Gasteiger partial charge in [0.1, 0.15) is 6.07 Å². The maximum absolute atomic E-state index is 10.8. The first-order chi connectivity index (χ1) is 5.67. The Labute approximate surface area is 69.6 Å². The third kappa shape index (κ3) is 2.31.